The second-order valence-corrected chi connectivity index (χ2v) is 3.19. The van der Waals surface area contributed by atoms with E-state index in [-0.39, 0.29) is 6.09 Å². The van der Waals surface area contributed by atoms with Crippen LogP contribution in [-0.2, 0) is 4.74 Å². The maximum atomic E-state index is 11.3. The number of likely N-dealkylation sites (tertiary alicyclic amines) is 1. The zero-order chi connectivity index (χ0) is 9.68. The molecule has 0 unspecified atom stereocenters. The third kappa shape index (κ3) is 2.88. The van der Waals surface area contributed by atoms with Gasteiger partial charge in [-0.2, -0.15) is 0 Å². The number of carbonyl (C=O) groups is 1. The SMILES string of the molecule is CCN[C@@H]1CCN(C(=O)OCC)C1. The van der Waals surface area contributed by atoms with Gasteiger partial charge in [-0.1, -0.05) is 6.92 Å². The molecule has 4 nitrogen and oxygen atoms in total. The number of hydrogen-bond acceptors (Lipinski definition) is 3. The van der Waals surface area contributed by atoms with E-state index in [0.29, 0.717) is 12.6 Å². The van der Waals surface area contributed by atoms with Crippen molar-refractivity contribution >= 4 is 6.09 Å². The Kier molecular flexibility index (Phi) is 4.02. The van der Waals surface area contributed by atoms with Crippen LogP contribution in [0.5, 0.6) is 0 Å². The lowest BCUT2D eigenvalue weighted by Crippen LogP contribution is -2.35. The molecule has 1 rings (SSSR count). The molecule has 4 heteroatoms. The fraction of sp³-hybridized carbons (Fsp3) is 0.889. The van der Waals surface area contributed by atoms with Gasteiger partial charge in [-0.3, -0.25) is 0 Å². The molecule has 0 aromatic heterocycles. The highest BCUT2D eigenvalue weighted by Crippen LogP contribution is 2.09. The van der Waals surface area contributed by atoms with Crippen LogP contribution in [-0.4, -0.2) is 43.3 Å². The molecule has 1 fully saturated rings. The van der Waals surface area contributed by atoms with Gasteiger partial charge in [0.1, 0.15) is 0 Å². The van der Waals surface area contributed by atoms with Gasteiger partial charge in [0.25, 0.3) is 0 Å². The minimum absolute atomic E-state index is 0.178. The third-order valence-electron chi connectivity index (χ3n) is 2.21. The van der Waals surface area contributed by atoms with E-state index in [2.05, 4.69) is 12.2 Å². The fourth-order valence-electron chi connectivity index (χ4n) is 1.60. The molecule has 1 aliphatic heterocycles. The van der Waals surface area contributed by atoms with Gasteiger partial charge in [-0.25, -0.2) is 4.79 Å². The molecule has 0 radical (unpaired) electrons. The molecule has 1 aliphatic rings. The van der Waals surface area contributed by atoms with E-state index in [9.17, 15) is 4.79 Å². The number of amides is 1. The number of likely N-dealkylation sites (N-methyl/N-ethyl adjacent to an activating group) is 1. The summed E-state index contributed by atoms with van der Waals surface area (Å²) in [5, 5.41) is 3.32. The van der Waals surface area contributed by atoms with E-state index >= 15 is 0 Å². The van der Waals surface area contributed by atoms with E-state index < -0.39 is 0 Å². The van der Waals surface area contributed by atoms with E-state index in [1.165, 1.54) is 0 Å². The van der Waals surface area contributed by atoms with E-state index in [1.54, 1.807) is 4.90 Å². The van der Waals surface area contributed by atoms with Gasteiger partial charge in [-0.05, 0) is 19.9 Å². The summed E-state index contributed by atoms with van der Waals surface area (Å²) in [5.41, 5.74) is 0. The largest absolute Gasteiger partial charge is 0.450 e. The smallest absolute Gasteiger partial charge is 0.409 e. The molecule has 0 spiro atoms. The molecule has 76 valence electrons. The molecule has 1 saturated heterocycles. The Morgan fingerprint density at radius 2 is 2.38 bits per heavy atom. The molecule has 0 aliphatic carbocycles. The number of ether oxygens (including phenoxy) is 1. The first-order chi connectivity index (χ1) is 6.27. The summed E-state index contributed by atoms with van der Waals surface area (Å²) in [4.78, 5) is 13.0. The van der Waals surface area contributed by atoms with Crippen LogP contribution in [0.2, 0.25) is 0 Å². The number of nitrogens with one attached hydrogen (secondary N) is 1. The van der Waals surface area contributed by atoms with Crippen molar-refractivity contribution in [2.24, 2.45) is 0 Å². The first-order valence-corrected chi connectivity index (χ1v) is 4.93. The minimum atomic E-state index is -0.178. The highest BCUT2D eigenvalue weighted by Gasteiger charge is 2.25. The van der Waals surface area contributed by atoms with Gasteiger partial charge >= 0.3 is 6.09 Å². The molecule has 1 atom stereocenters. The zero-order valence-corrected chi connectivity index (χ0v) is 8.38. The average Bonchev–Trinajstić information content (AvgIpc) is 2.54. The lowest BCUT2D eigenvalue weighted by atomic mass is 10.3. The third-order valence-corrected chi connectivity index (χ3v) is 2.21. The summed E-state index contributed by atoms with van der Waals surface area (Å²) in [6.07, 6.45) is 0.857. The van der Waals surface area contributed by atoms with Crippen LogP contribution in [0.25, 0.3) is 0 Å². The molecule has 0 aromatic rings. The fourth-order valence-corrected chi connectivity index (χ4v) is 1.60. The Morgan fingerprint density at radius 3 is 3.00 bits per heavy atom. The second kappa shape index (κ2) is 5.07. The molecule has 1 amide bonds. The zero-order valence-electron chi connectivity index (χ0n) is 8.38. The molecule has 13 heavy (non-hydrogen) atoms. The number of nitrogens with zero attached hydrogens (tertiary/aromatic N) is 1. The summed E-state index contributed by atoms with van der Waals surface area (Å²) in [5.74, 6) is 0. The maximum Gasteiger partial charge on any atom is 0.409 e. The Bertz CT molecular complexity index is 173. The van der Waals surface area contributed by atoms with Gasteiger partial charge in [0, 0.05) is 19.1 Å². The molecule has 0 aromatic carbocycles. The lowest BCUT2D eigenvalue weighted by molar-refractivity contribution is 0.115. The van der Waals surface area contributed by atoms with Gasteiger partial charge in [-0.15, -0.1) is 0 Å². The summed E-state index contributed by atoms with van der Waals surface area (Å²) >= 11 is 0. The van der Waals surface area contributed by atoms with Crippen molar-refractivity contribution in [2.45, 2.75) is 26.3 Å². The Balaban J connectivity index is 2.27. The molecular formula is C9H18N2O2. The topological polar surface area (TPSA) is 41.6 Å². The monoisotopic (exact) mass is 186 g/mol. The van der Waals surface area contributed by atoms with Crippen LogP contribution in [0.3, 0.4) is 0 Å². The van der Waals surface area contributed by atoms with E-state index in [4.69, 9.17) is 4.74 Å². The summed E-state index contributed by atoms with van der Waals surface area (Å²) in [7, 11) is 0. The Labute approximate surface area is 79.2 Å². The number of rotatable bonds is 3. The number of hydrogen-bond donors (Lipinski definition) is 1. The van der Waals surface area contributed by atoms with Gasteiger partial charge in [0.05, 0.1) is 6.61 Å². The van der Waals surface area contributed by atoms with Crippen LogP contribution < -0.4 is 5.32 Å². The summed E-state index contributed by atoms with van der Waals surface area (Å²) in [6, 6.07) is 0.453. The molecule has 0 saturated carbocycles. The van der Waals surface area contributed by atoms with Crippen molar-refractivity contribution in [3.8, 4) is 0 Å². The van der Waals surface area contributed by atoms with Crippen LogP contribution in [0, 0.1) is 0 Å². The Hall–Kier alpha value is -0.770. The van der Waals surface area contributed by atoms with E-state index in [0.717, 1.165) is 26.1 Å². The maximum absolute atomic E-state index is 11.3. The van der Waals surface area contributed by atoms with Crippen LogP contribution in [0.1, 0.15) is 20.3 Å². The van der Waals surface area contributed by atoms with Gasteiger partial charge < -0.3 is 15.0 Å². The molecule has 0 bridgehead atoms. The second-order valence-electron chi connectivity index (χ2n) is 3.19. The van der Waals surface area contributed by atoms with Crippen molar-refractivity contribution in [2.75, 3.05) is 26.2 Å². The molecule has 1 N–H and O–H groups in total. The van der Waals surface area contributed by atoms with Crippen molar-refractivity contribution in [3.63, 3.8) is 0 Å². The Morgan fingerprint density at radius 1 is 1.62 bits per heavy atom. The lowest BCUT2D eigenvalue weighted by Gasteiger charge is -2.15. The van der Waals surface area contributed by atoms with Crippen LogP contribution >= 0.6 is 0 Å². The normalized spacial score (nSPS) is 22.0. The van der Waals surface area contributed by atoms with Crippen molar-refractivity contribution in [1.29, 1.82) is 0 Å². The predicted octanol–water partition coefficient (Wildman–Crippen LogP) is 0.827. The summed E-state index contributed by atoms with van der Waals surface area (Å²) in [6.45, 7) is 6.93. The standard InChI is InChI=1S/C9H18N2O2/c1-3-10-8-5-6-11(7-8)9(12)13-4-2/h8,10H,3-7H2,1-2H3/t8-/m1/s1. The quantitative estimate of drug-likeness (QED) is 0.709. The van der Waals surface area contributed by atoms with Crippen LogP contribution in [0.4, 0.5) is 4.79 Å². The predicted molar refractivity (Wildman–Crippen MR) is 50.7 cm³/mol. The number of carbonyl (C=O) groups excluding carboxylic acids is 1. The highest BCUT2D eigenvalue weighted by atomic mass is 16.6. The first-order valence-electron chi connectivity index (χ1n) is 4.93. The molecular weight excluding hydrogens is 168 g/mol. The van der Waals surface area contributed by atoms with Gasteiger partial charge in [0.2, 0.25) is 0 Å². The van der Waals surface area contributed by atoms with Gasteiger partial charge in [0.15, 0.2) is 0 Å². The van der Waals surface area contributed by atoms with Crippen molar-refractivity contribution in [1.82, 2.24) is 10.2 Å². The highest BCUT2D eigenvalue weighted by molar-refractivity contribution is 5.68. The summed E-state index contributed by atoms with van der Waals surface area (Å²) < 4.78 is 4.91. The van der Waals surface area contributed by atoms with Crippen molar-refractivity contribution in [3.05, 3.63) is 0 Å². The van der Waals surface area contributed by atoms with Crippen molar-refractivity contribution < 1.29 is 9.53 Å². The van der Waals surface area contributed by atoms with E-state index in [1.807, 2.05) is 6.92 Å². The minimum Gasteiger partial charge on any atom is -0.450 e. The van der Waals surface area contributed by atoms with Crippen LogP contribution in [0.15, 0.2) is 0 Å². The average molecular weight is 186 g/mol. The first kappa shape index (κ1) is 10.3. The molecule has 1 heterocycles.